The van der Waals surface area contributed by atoms with Crippen molar-refractivity contribution in [2.24, 2.45) is 11.8 Å². The summed E-state index contributed by atoms with van der Waals surface area (Å²) in [6, 6.07) is 9.44. The van der Waals surface area contributed by atoms with Crippen LogP contribution >= 0.6 is 11.9 Å². The maximum Gasteiger partial charge on any atom is 0.332 e. The zero-order valence-corrected chi connectivity index (χ0v) is 18.1. The number of hydrogen-bond donors (Lipinski definition) is 3. The van der Waals surface area contributed by atoms with Gasteiger partial charge in [0.05, 0.1) is 5.70 Å². The second-order valence-corrected chi connectivity index (χ2v) is 9.10. The zero-order valence-electron chi connectivity index (χ0n) is 17.3. The van der Waals surface area contributed by atoms with Crippen LogP contribution in [0.2, 0.25) is 0 Å². The molecular formula is C23H31N3O2S. The first-order valence-electron chi connectivity index (χ1n) is 10.7. The van der Waals surface area contributed by atoms with E-state index in [4.69, 9.17) is 0 Å². The van der Waals surface area contributed by atoms with E-state index < -0.39 is 5.97 Å². The Bertz CT molecular complexity index is 818. The summed E-state index contributed by atoms with van der Waals surface area (Å²) < 4.78 is 3.39. The number of carboxylic acids is 1. The average Bonchev–Trinajstić information content (AvgIpc) is 3.06. The summed E-state index contributed by atoms with van der Waals surface area (Å²) in [5, 5.41) is 12.9. The van der Waals surface area contributed by atoms with Gasteiger partial charge in [-0.25, -0.2) is 4.79 Å². The lowest BCUT2D eigenvalue weighted by molar-refractivity contribution is -0.132. The number of hydrogen-bond acceptors (Lipinski definition) is 5. The Labute approximate surface area is 177 Å². The van der Waals surface area contributed by atoms with Crippen molar-refractivity contribution in [2.75, 3.05) is 30.8 Å². The Morgan fingerprint density at radius 1 is 1.28 bits per heavy atom. The van der Waals surface area contributed by atoms with Crippen LogP contribution in [0.4, 0.5) is 5.69 Å². The molecule has 0 spiro atoms. The second kappa shape index (κ2) is 8.84. The summed E-state index contributed by atoms with van der Waals surface area (Å²) in [5.41, 5.74) is 4.94. The molecule has 2 heterocycles. The van der Waals surface area contributed by atoms with E-state index in [0.29, 0.717) is 17.4 Å². The minimum absolute atomic E-state index is 0.449. The van der Waals surface area contributed by atoms with Crippen molar-refractivity contribution in [3.05, 3.63) is 47.1 Å². The van der Waals surface area contributed by atoms with Gasteiger partial charge in [-0.2, -0.15) is 0 Å². The van der Waals surface area contributed by atoms with Crippen LogP contribution in [-0.2, 0) is 4.79 Å². The maximum absolute atomic E-state index is 11.4. The van der Waals surface area contributed by atoms with E-state index in [1.54, 1.807) is 0 Å². The van der Waals surface area contributed by atoms with Crippen molar-refractivity contribution in [3.63, 3.8) is 0 Å². The molecule has 5 nitrogen and oxygen atoms in total. The van der Waals surface area contributed by atoms with Crippen LogP contribution in [0.5, 0.6) is 0 Å². The Morgan fingerprint density at radius 2 is 2.07 bits per heavy atom. The van der Waals surface area contributed by atoms with Gasteiger partial charge in [-0.1, -0.05) is 25.5 Å². The number of aliphatic carboxylic acids is 1. The molecule has 0 bridgehead atoms. The molecule has 1 aromatic rings. The molecular weight excluding hydrogens is 382 g/mol. The number of allylic oxidation sites excluding steroid dienone is 2. The number of nitrogens with zero attached hydrogens (tertiary/aromatic N) is 1. The molecule has 0 amide bonds. The van der Waals surface area contributed by atoms with E-state index in [9.17, 15) is 9.90 Å². The molecule has 3 atom stereocenters. The van der Waals surface area contributed by atoms with E-state index in [-0.39, 0.29) is 0 Å². The molecule has 29 heavy (non-hydrogen) atoms. The van der Waals surface area contributed by atoms with Crippen LogP contribution in [0.3, 0.4) is 0 Å². The smallest absolute Gasteiger partial charge is 0.332 e. The highest BCUT2D eigenvalue weighted by molar-refractivity contribution is 7.97. The Kier molecular flexibility index (Phi) is 6.20. The first kappa shape index (κ1) is 20.4. The number of carboxylic acid groups (broad SMARTS) is 1. The standard InChI is InChI=1S/C23H31N3O2S/c1-3-15-11-18(23(27)28)14-29-25-22(15)16-7-9-19(10-8-16)26-12-17-5-4-6-21(24-2)20(17)13-26/h7-11,17,20-21,24-25H,3-6,12-14H2,1-2H3,(H,27,28)/t17-,20?,21-/m1/s1. The van der Waals surface area contributed by atoms with Gasteiger partial charge in [0.1, 0.15) is 0 Å². The van der Waals surface area contributed by atoms with Crippen LogP contribution in [0, 0.1) is 11.8 Å². The van der Waals surface area contributed by atoms with Crippen molar-refractivity contribution in [1.82, 2.24) is 10.0 Å². The van der Waals surface area contributed by atoms with Crippen molar-refractivity contribution in [3.8, 4) is 0 Å². The predicted octanol–water partition coefficient (Wildman–Crippen LogP) is 3.89. The third kappa shape index (κ3) is 4.19. The summed E-state index contributed by atoms with van der Waals surface area (Å²) >= 11 is 1.45. The molecule has 156 valence electrons. The largest absolute Gasteiger partial charge is 0.478 e. The third-order valence-corrected chi connectivity index (χ3v) is 7.52. The van der Waals surface area contributed by atoms with Gasteiger partial charge < -0.3 is 20.0 Å². The predicted molar refractivity (Wildman–Crippen MR) is 121 cm³/mol. The molecule has 3 aliphatic rings. The first-order chi connectivity index (χ1) is 14.1. The highest BCUT2D eigenvalue weighted by atomic mass is 32.2. The number of carbonyl (C=O) groups is 1. The van der Waals surface area contributed by atoms with Gasteiger partial charge in [0, 0.05) is 36.1 Å². The lowest BCUT2D eigenvalue weighted by Gasteiger charge is -2.32. The van der Waals surface area contributed by atoms with Crippen molar-refractivity contribution in [2.45, 2.75) is 38.6 Å². The average molecular weight is 414 g/mol. The Balaban J connectivity index is 1.54. The summed E-state index contributed by atoms with van der Waals surface area (Å²) in [4.78, 5) is 14.0. The van der Waals surface area contributed by atoms with Crippen molar-refractivity contribution >= 4 is 29.3 Å². The van der Waals surface area contributed by atoms with Gasteiger partial charge >= 0.3 is 5.97 Å². The van der Waals surface area contributed by atoms with Crippen LogP contribution < -0.4 is 14.9 Å². The van der Waals surface area contributed by atoms with E-state index >= 15 is 0 Å². The summed E-state index contributed by atoms with van der Waals surface area (Å²) in [5.74, 6) is 1.18. The fraction of sp³-hybridized carbons (Fsp3) is 0.522. The summed E-state index contributed by atoms with van der Waals surface area (Å²) in [6.07, 6.45) is 6.61. The molecule has 1 aliphatic carbocycles. The van der Waals surface area contributed by atoms with Gasteiger partial charge in [-0.3, -0.25) is 0 Å². The summed E-state index contributed by atoms with van der Waals surface area (Å²) in [7, 11) is 2.10. The number of benzene rings is 1. The minimum Gasteiger partial charge on any atom is -0.478 e. The number of nitrogens with one attached hydrogen (secondary N) is 2. The van der Waals surface area contributed by atoms with Crippen LogP contribution in [0.25, 0.3) is 5.70 Å². The SMILES string of the molecule is CCC1=C(c2ccc(N3CC4[C@H](CCC[C@H]4NC)C3)cc2)NSCC(C(=O)O)=C1. The molecule has 2 fully saturated rings. The van der Waals surface area contributed by atoms with E-state index in [0.717, 1.165) is 48.2 Å². The van der Waals surface area contributed by atoms with Gasteiger partial charge in [0.2, 0.25) is 0 Å². The Morgan fingerprint density at radius 3 is 2.76 bits per heavy atom. The monoisotopic (exact) mass is 413 g/mol. The molecule has 6 heteroatoms. The maximum atomic E-state index is 11.4. The molecule has 1 aromatic carbocycles. The molecule has 1 unspecified atom stereocenters. The first-order valence-corrected chi connectivity index (χ1v) is 11.7. The van der Waals surface area contributed by atoms with Crippen LogP contribution in [-0.4, -0.2) is 43.0 Å². The summed E-state index contributed by atoms with van der Waals surface area (Å²) in [6.45, 7) is 4.36. The molecule has 4 rings (SSSR count). The van der Waals surface area contributed by atoms with Gasteiger partial charge in [-0.05, 0) is 79.4 Å². The van der Waals surface area contributed by atoms with Crippen LogP contribution in [0.1, 0.15) is 38.2 Å². The zero-order chi connectivity index (χ0) is 20.4. The van der Waals surface area contributed by atoms with E-state index in [1.165, 1.54) is 36.9 Å². The van der Waals surface area contributed by atoms with E-state index in [1.807, 2.05) is 6.08 Å². The molecule has 1 saturated carbocycles. The molecule has 1 saturated heterocycles. The fourth-order valence-electron chi connectivity index (χ4n) is 5.10. The number of anilines is 1. The van der Waals surface area contributed by atoms with Crippen LogP contribution in [0.15, 0.2) is 41.5 Å². The third-order valence-electron chi connectivity index (χ3n) is 6.72. The molecule has 2 aliphatic heterocycles. The molecule has 0 radical (unpaired) electrons. The number of fused-ring (bicyclic) bond motifs is 1. The molecule has 0 aromatic heterocycles. The van der Waals surface area contributed by atoms with Crippen molar-refractivity contribution in [1.29, 1.82) is 0 Å². The van der Waals surface area contributed by atoms with Gasteiger partial charge in [0.15, 0.2) is 0 Å². The van der Waals surface area contributed by atoms with Gasteiger partial charge in [0.25, 0.3) is 0 Å². The molecule has 3 N–H and O–H groups in total. The minimum atomic E-state index is -0.836. The highest BCUT2D eigenvalue weighted by Gasteiger charge is 2.39. The lowest BCUT2D eigenvalue weighted by atomic mass is 9.78. The Hall–Kier alpha value is -1.92. The van der Waals surface area contributed by atoms with Crippen molar-refractivity contribution < 1.29 is 9.90 Å². The number of rotatable bonds is 5. The van der Waals surface area contributed by atoms with E-state index in [2.05, 4.69) is 53.2 Å². The highest BCUT2D eigenvalue weighted by Crippen LogP contribution is 2.38. The topological polar surface area (TPSA) is 64.6 Å². The fourth-order valence-corrected chi connectivity index (χ4v) is 5.93. The normalized spacial score (nSPS) is 27.2. The second-order valence-electron chi connectivity index (χ2n) is 8.32. The lowest BCUT2D eigenvalue weighted by Crippen LogP contribution is -2.40. The quantitative estimate of drug-likeness (QED) is 0.637. The van der Waals surface area contributed by atoms with Gasteiger partial charge in [-0.15, -0.1) is 0 Å².